The van der Waals surface area contributed by atoms with Gasteiger partial charge in [-0.2, -0.15) is 0 Å². The number of nitrogens with zero attached hydrogens (tertiary/aromatic N) is 1. The van der Waals surface area contributed by atoms with E-state index in [4.69, 9.17) is 11.6 Å². The summed E-state index contributed by atoms with van der Waals surface area (Å²) >= 11 is 6.13. The molecule has 0 aromatic heterocycles. The lowest BCUT2D eigenvalue weighted by Crippen LogP contribution is -2.15. The molecule has 0 fully saturated rings. The Labute approximate surface area is 136 Å². The minimum Gasteiger partial charge on any atom is -0.375 e. The summed E-state index contributed by atoms with van der Waals surface area (Å²) in [5.74, 6) is 0. The van der Waals surface area contributed by atoms with Crippen LogP contribution in [0.4, 0.5) is 11.4 Å². The van der Waals surface area contributed by atoms with Crippen LogP contribution in [0, 0.1) is 0 Å². The Bertz CT molecular complexity index is 772. The lowest BCUT2D eigenvalue weighted by Gasteiger charge is -2.19. The van der Waals surface area contributed by atoms with Crippen LogP contribution < -0.4 is 9.62 Å². The van der Waals surface area contributed by atoms with Gasteiger partial charge in [0.15, 0.2) is 0 Å². The van der Waals surface area contributed by atoms with Crippen LogP contribution in [0.1, 0.15) is 5.56 Å². The summed E-state index contributed by atoms with van der Waals surface area (Å²) in [7, 11) is -0.0127. The van der Waals surface area contributed by atoms with Crippen LogP contribution >= 0.6 is 11.6 Å². The molecule has 0 saturated heterocycles. The van der Waals surface area contributed by atoms with E-state index >= 15 is 0 Å². The summed E-state index contributed by atoms with van der Waals surface area (Å²) in [4.78, 5) is 1.76. The van der Waals surface area contributed by atoms with Gasteiger partial charge in [-0.3, -0.25) is 4.72 Å². The first-order chi connectivity index (χ1) is 10.4. The zero-order chi connectivity index (χ0) is 16.2. The van der Waals surface area contributed by atoms with Crippen molar-refractivity contribution in [1.82, 2.24) is 0 Å². The Morgan fingerprint density at radius 2 is 1.73 bits per heavy atom. The molecule has 22 heavy (non-hydrogen) atoms. The molecule has 0 heterocycles. The zero-order valence-corrected chi connectivity index (χ0v) is 13.9. The summed E-state index contributed by atoms with van der Waals surface area (Å²) in [6, 6.07) is 14.3. The second-order valence-corrected chi connectivity index (χ2v) is 6.86. The Kier molecular flexibility index (Phi) is 5.11. The van der Waals surface area contributed by atoms with Crippen molar-refractivity contribution in [3.05, 3.63) is 64.5 Å². The standard InChI is InChI=1S/C16H17ClN2O2S/c1-19(2)16-14(17)9-6-10-15(16)18-22(20,21)12-11-13-7-4-3-5-8-13/h3-12,18H,1-2H3/b12-11+. The van der Waals surface area contributed by atoms with Crippen LogP contribution in [0.5, 0.6) is 0 Å². The van der Waals surface area contributed by atoms with E-state index in [9.17, 15) is 8.42 Å². The second-order valence-electron chi connectivity index (χ2n) is 4.89. The van der Waals surface area contributed by atoms with E-state index < -0.39 is 10.0 Å². The second kappa shape index (κ2) is 6.85. The molecule has 0 amide bonds. The molecule has 0 bridgehead atoms. The maximum Gasteiger partial charge on any atom is 0.255 e. The number of para-hydroxylation sites is 1. The normalized spacial score (nSPS) is 11.6. The Morgan fingerprint density at radius 3 is 2.36 bits per heavy atom. The van der Waals surface area contributed by atoms with Crippen molar-refractivity contribution in [2.45, 2.75) is 0 Å². The Balaban J connectivity index is 2.27. The van der Waals surface area contributed by atoms with Crippen molar-refractivity contribution >= 4 is 39.1 Å². The molecule has 0 aliphatic rings. The van der Waals surface area contributed by atoms with Gasteiger partial charge in [-0.15, -0.1) is 0 Å². The highest BCUT2D eigenvalue weighted by molar-refractivity contribution is 7.95. The summed E-state index contributed by atoms with van der Waals surface area (Å²) in [6.45, 7) is 0. The van der Waals surface area contributed by atoms with Crippen LogP contribution in [0.3, 0.4) is 0 Å². The zero-order valence-electron chi connectivity index (χ0n) is 12.3. The van der Waals surface area contributed by atoms with Gasteiger partial charge in [-0.25, -0.2) is 8.42 Å². The Hall–Kier alpha value is -1.98. The molecule has 0 spiro atoms. The first-order valence-corrected chi connectivity index (χ1v) is 8.53. The highest BCUT2D eigenvalue weighted by Crippen LogP contribution is 2.33. The van der Waals surface area contributed by atoms with E-state index in [0.29, 0.717) is 16.4 Å². The van der Waals surface area contributed by atoms with Gasteiger partial charge in [0, 0.05) is 14.1 Å². The fourth-order valence-corrected chi connectivity index (χ4v) is 3.19. The number of halogens is 1. The van der Waals surface area contributed by atoms with Crippen molar-refractivity contribution in [3.8, 4) is 0 Å². The van der Waals surface area contributed by atoms with Crippen LogP contribution in [0.2, 0.25) is 5.02 Å². The summed E-state index contributed by atoms with van der Waals surface area (Å²) in [5, 5.41) is 1.63. The minimum atomic E-state index is -3.62. The number of hydrogen-bond donors (Lipinski definition) is 1. The predicted molar refractivity (Wildman–Crippen MR) is 93.8 cm³/mol. The molecular formula is C16H17ClN2O2S. The molecule has 2 aromatic rings. The van der Waals surface area contributed by atoms with E-state index in [1.54, 1.807) is 43.3 Å². The lowest BCUT2D eigenvalue weighted by molar-refractivity contribution is 0.609. The SMILES string of the molecule is CN(C)c1c(Cl)cccc1NS(=O)(=O)/C=C/c1ccccc1. The van der Waals surface area contributed by atoms with Gasteiger partial charge in [0.25, 0.3) is 10.0 Å². The molecule has 116 valence electrons. The van der Waals surface area contributed by atoms with Crippen molar-refractivity contribution in [3.63, 3.8) is 0 Å². The topological polar surface area (TPSA) is 49.4 Å². The molecule has 6 heteroatoms. The fraction of sp³-hybridized carbons (Fsp3) is 0.125. The van der Waals surface area contributed by atoms with E-state index in [1.165, 1.54) is 0 Å². The lowest BCUT2D eigenvalue weighted by atomic mass is 10.2. The first kappa shape index (κ1) is 16.4. The summed E-state index contributed by atoms with van der Waals surface area (Å²) in [6.07, 6.45) is 1.54. The molecule has 4 nitrogen and oxygen atoms in total. The number of rotatable bonds is 5. The van der Waals surface area contributed by atoms with Gasteiger partial charge >= 0.3 is 0 Å². The number of anilines is 2. The van der Waals surface area contributed by atoms with Crippen molar-refractivity contribution in [1.29, 1.82) is 0 Å². The Morgan fingerprint density at radius 1 is 1.05 bits per heavy atom. The van der Waals surface area contributed by atoms with E-state index in [1.807, 2.05) is 30.3 Å². The average Bonchev–Trinajstić information content (AvgIpc) is 2.45. The van der Waals surface area contributed by atoms with Crippen LogP contribution in [0.15, 0.2) is 53.9 Å². The van der Waals surface area contributed by atoms with Crippen molar-refractivity contribution in [2.24, 2.45) is 0 Å². The smallest absolute Gasteiger partial charge is 0.255 e. The van der Waals surface area contributed by atoms with Gasteiger partial charge in [-0.1, -0.05) is 48.0 Å². The van der Waals surface area contributed by atoms with Crippen LogP contribution in [-0.4, -0.2) is 22.5 Å². The molecule has 2 aromatic carbocycles. The van der Waals surface area contributed by atoms with Gasteiger partial charge in [0.2, 0.25) is 0 Å². The summed E-state index contributed by atoms with van der Waals surface area (Å²) in [5.41, 5.74) is 1.88. The molecule has 0 aliphatic carbocycles. The molecule has 1 N–H and O–H groups in total. The third-order valence-corrected chi connectivity index (χ3v) is 4.23. The van der Waals surface area contributed by atoms with E-state index in [2.05, 4.69) is 4.72 Å². The number of benzene rings is 2. The molecule has 0 aliphatic heterocycles. The highest BCUT2D eigenvalue weighted by Gasteiger charge is 2.13. The van der Waals surface area contributed by atoms with Gasteiger partial charge < -0.3 is 4.90 Å². The first-order valence-electron chi connectivity index (χ1n) is 6.61. The third-order valence-electron chi connectivity index (χ3n) is 2.93. The predicted octanol–water partition coefficient (Wildman–Crippen LogP) is 3.82. The molecule has 2 rings (SSSR count). The molecule has 0 unspecified atom stereocenters. The van der Waals surface area contributed by atoms with Crippen molar-refractivity contribution in [2.75, 3.05) is 23.7 Å². The van der Waals surface area contributed by atoms with Gasteiger partial charge in [0.1, 0.15) is 0 Å². The van der Waals surface area contributed by atoms with E-state index in [0.717, 1.165) is 11.0 Å². The molecular weight excluding hydrogens is 320 g/mol. The fourth-order valence-electron chi connectivity index (χ4n) is 1.97. The maximum atomic E-state index is 12.2. The number of nitrogens with one attached hydrogen (secondary N) is 1. The van der Waals surface area contributed by atoms with Gasteiger partial charge in [-0.05, 0) is 23.8 Å². The van der Waals surface area contributed by atoms with E-state index in [-0.39, 0.29) is 0 Å². The maximum absolute atomic E-state index is 12.2. The quantitative estimate of drug-likeness (QED) is 0.903. The van der Waals surface area contributed by atoms with Crippen molar-refractivity contribution < 1.29 is 8.42 Å². The van der Waals surface area contributed by atoms with Crippen LogP contribution in [-0.2, 0) is 10.0 Å². The largest absolute Gasteiger partial charge is 0.375 e. The van der Waals surface area contributed by atoms with Crippen LogP contribution in [0.25, 0.3) is 6.08 Å². The number of sulfonamides is 1. The molecule has 0 radical (unpaired) electrons. The van der Waals surface area contributed by atoms with Gasteiger partial charge in [0.05, 0.1) is 21.8 Å². The highest BCUT2D eigenvalue weighted by atomic mass is 35.5. The monoisotopic (exact) mass is 336 g/mol. The summed E-state index contributed by atoms with van der Waals surface area (Å²) < 4.78 is 26.9. The molecule has 0 atom stereocenters. The minimum absolute atomic E-state index is 0.440. The number of hydrogen-bond acceptors (Lipinski definition) is 3. The average molecular weight is 337 g/mol. The third kappa shape index (κ3) is 4.26. The molecule has 0 saturated carbocycles.